The van der Waals surface area contributed by atoms with Gasteiger partial charge in [0.1, 0.15) is 0 Å². The molecule has 0 radical (unpaired) electrons. The minimum atomic E-state index is 0.149. The number of phenols is 1. The highest BCUT2D eigenvalue weighted by atomic mass is 16.5. The van der Waals surface area contributed by atoms with Gasteiger partial charge in [0.25, 0.3) is 0 Å². The van der Waals surface area contributed by atoms with Crippen molar-refractivity contribution in [1.82, 2.24) is 4.98 Å². The number of anilines is 1. The van der Waals surface area contributed by atoms with E-state index in [2.05, 4.69) is 10.3 Å². The molecule has 0 aliphatic rings. The lowest BCUT2D eigenvalue weighted by Crippen LogP contribution is -2.00. The van der Waals surface area contributed by atoms with Crippen LogP contribution < -0.4 is 10.1 Å². The molecule has 106 valence electrons. The highest BCUT2D eigenvalue weighted by Crippen LogP contribution is 2.27. The van der Waals surface area contributed by atoms with Gasteiger partial charge in [-0.25, -0.2) is 0 Å². The summed E-state index contributed by atoms with van der Waals surface area (Å²) in [6, 6.07) is 15.3. The Bertz CT molecular complexity index is 766. The maximum atomic E-state index is 9.80. The highest BCUT2D eigenvalue weighted by molar-refractivity contribution is 5.91. The molecule has 0 fully saturated rings. The summed E-state index contributed by atoms with van der Waals surface area (Å²) in [6.07, 6.45) is 1.79. The number of rotatable bonds is 4. The quantitative estimate of drug-likeness (QED) is 0.767. The van der Waals surface area contributed by atoms with Crippen LogP contribution in [0.3, 0.4) is 0 Å². The van der Waals surface area contributed by atoms with Crippen LogP contribution in [0.25, 0.3) is 10.9 Å². The van der Waals surface area contributed by atoms with E-state index in [1.165, 1.54) is 7.11 Å². The number of aromatic nitrogens is 1. The zero-order valence-electron chi connectivity index (χ0n) is 11.7. The van der Waals surface area contributed by atoms with Gasteiger partial charge in [-0.05, 0) is 42.0 Å². The van der Waals surface area contributed by atoms with Crippen LogP contribution in [0.4, 0.5) is 5.69 Å². The van der Waals surface area contributed by atoms with Crippen LogP contribution >= 0.6 is 0 Å². The molecule has 0 bridgehead atoms. The molecule has 0 amide bonds. The fourth-order valence-corrected chi connectivity index (χ4v) is 2.30. The van der Waals surface area contributed by atoms with Crippen LogP contribution in [0.2, 0.25) is 0 Å². The van der Waals surface area contributed by atoms with Crippen molar-refractivity contribution in [2.45, 2.75) is 6.54 Å². The van der Waals surface area contributed by atoms with Crippen molar-refractivity contribution >= 4 is 16.6 Å². The second-order valence-electron chi connectivity index (χ2n) is 4.74. The molecule has 1 heterocycles. The molecule has 0 atom stereocenters. The summed E-state index contributed by atoms with van der Waals surface area (Å²) in [5, 5.41) is 14.3. The van der Waals surface area contributed by atoms with Gasteiger partial charge in [0, 0.05) is 23.8 Å². The summed E-state index contributed by atoms with van der Waals surface area (Å²) in [5.41, 5.74) is 2.96. The van der Waals surface area contributed by atoms with E-state index in [-0.39, 0.29) is 5.75 Å². The van der Waals surface area contributed by atoms with Gasteiger partial charge in [0.2, 0.25) is 0 Å². The summed E-state index contributed by atoms with van der Waals surface area (Å²) in [5.74, 6) is 0.629. The van der Waals surface area contributed by atoms with Gasteiger partial charge in [-0.15, -0.1) is 0 Å². The number of phenolic OH excluding ortho intramolecular Hbond substituents is 1. The highest BCUT2D eigenvalue weighted by Gasteiger charge is 2.04. The van der Waals surface area contributed by atoms with Crippen LogP contribution in [-0.2, 0) is 6.54 Å². The van der Waals surface area contributed by atoms with Crippen LogP contribution in [0.5, 0.6) is 11.5 Å². The Hall–Kier alpha value is -2.75. The zero-order chi connectivity index (χ0) is 14.7. The molecule has 1 aromatic heterocycles. The third kappa shape index (κ3) is 2.74. The molecular weight excluding hydrogens is 264 g/mol. The van der Waals surface area contributed by atoms with E-state index in [1.807, 2.05) is 36.4 Å². The first-order chi connectivity index (χ1) is 10.3. The number of hydrogen-bond donors (Lipinski definition) is 2. The Labute approximate surface area is 123 Å². The van der Waals surface area contributed by atoms with Crippen molar-refractivity contribution < 1.29 is 9.84 Å². The average molecular weight is 280 g/mol. The molecule has 0 saturated heterocycles. The molecule has 0 spiro atoms. The number of methoxy groups -OCH3 is 1. The molecule has 4 nitrogen and oxygen atoms in total. The van der Waals surface area contributed by atoms with Crippen LogP contribution in [-0.4, -0.2) is 17.2 Å². The van der Waals surface area contributed by atoms with E-state index < -0.39 is 0 Å². The second-order valence-corrected chi connectivity index (χ2v) is 4.74. The first-order valence-corrected chi connectivity index (χ1v) is 6.71. The SMILES string of the molecule is COc1ccc(CNc2cccc3ncccc23)cc1O. The summed E-state index contributed by atoms with van der Waals surface area (Å²) in [6.45, 7) is 0.617. The Morgan fingerprint density at radius 1 is 1.14 bits per heavy atom. The predicted molar refractivity (Wildman–Crippen MR) is 83.7 cm³/mol. The number of aromatic hydroxyl groups is 1. The standard InChI is InChI=1S/C17H16N2O2/c1-21-17-8-7-12(10-16(17)20)11-19-15-6-2-5-14-13(15)4-3-9-18-14/h2-10,19-20H,11H2,1H3. The van der Waals surface area contributed by atoms with Crippen LogP contribution in [0, 0.1) is 0 Å². The molecule has 3 aromatic rings. The summed E-state index contributed by atoms with van der Waals surface area (Å²) in [7, 11) is 1.54. The molecule has 3 rings (SSSR count). The third-order valence-electron chi connectivity index (χ3n) is 3.37. The average Bonchev–Trinajstić information content (AvgIpc) is 2.53. The number of pyridine rings is 1. The van der Waals surface area contributed by atoms with Crippen molar-refractivity contribution in [3.05, 3.63) is 60.3 Å². The lowest BCUT2D eigenvalue weighted by atomic mass is 10.1. The first-order valence-electron chi connectivity index (χ1n) is 6.71. The van der Waals surface area contributed by atoms with Crippen molar-refractivity contribution in [2.75, 3.05) is 12.4 Å². The predicted octanol–water partition coefficient (Wildman–Crippen LogP) is 3.56. The molecule has 0 aliphatic heterocycles. The molecule has 4 heteroatoms. The van der Waals surface area contributed by atoms with Crippen molar-refractivity contribution in [3.8, 4) is 11.5 Å². The van der Waals surface area contributed by atoms with Crippen LogP contribution in [0.1, 0.15) is 5.56 Å². The fourth-order valence-electron chi connectivity index (χ4n) is 2.30. The Balaban J connectivity index is 1.82. The van der Waals surface area contributed by atoms with Gasteiger partial charge >= 0.3 is 0 Å². The molecule has 0 saturated carbocycles. The number of fused-ring (bicyclic) bond motifs is 1. The zero-order valence-corrected chi connectivity index (χ0v) is 11.7. The molecule has 2 N–H and O–H groups in total. The largest absolute Gasteiger partial charge is 0.504 e. The topological polar surface area (TPSA) is 54.4 Å². The fraction of sp³-hybridized carbons (Fsp3) is 0.118. The number of nitrogens with one attached hydrogen (secondary N) is 1. The number of ether oxygens (including phenoxy) is 1. The molecule has 0 unspecified atom stereocenters. The molecule has 0 aliphatic carbocycles. The minimum absolute atomic E-state index is 0.149. The Kier molecular flexibility index (Phi) is 3.60. The van der Waals surface area contributed by atoms with Crippen molar-refractivity contribution in [1.29, 1.82) is 0 Å². The van der Waals surface area contributed by atoms with Crippen molar-refractivity contribution in [2.24, 2.45) is 0 Å². The number of hydrogen-bond acceptors (Lipinski definition) is 4. The van der Waals surface area contributed by atoms with Crippen LogP contribution in [0.15, 0.2) is 54.7 Å². The lowest BCUT2D eigenvalue weighted by molar-refractivity contribution is 0.373. The number of benzene rings is 2. The van der Waals surface area contributed by atoms with Gasteiger partial charge in [-0.1, -0.05) is 12.1 Å². The van der Waals surface area contributed by atoms with E-state index in [4.69, 9.17) is 4.74 Å². The second kappa shape index (κ2) is 5.71. The Morgan fingerprint density at radius 3 is 2.86 bits per heavy atom. The smallest absolute Gasteiger partial charge is 0.160 e. The van der Waals surface area contributed by atoms with E-state index >= 15 is 0 Å². The van der Waals surface area contributed by atoms with E-state index in [9.17, 15) is 5.11 Å². The summed E-state index contributed by atoms with van der Waals surface area (Å²) >= 11 is 0. The maximum Gasteiger partial charge on any atom is 0.160 e. The first kappa shape index (κ1) is 13.2. The molecule has 21 heavy (non-hydrogen) atoms. The summed E-state index contributed by atoms with van der Waals surface area (Å²) in [4.78, 5) is 4.34. The normalized spacial score (nSPS) is 10.5. The minimum Gasteiger partial charge on any atom is -0.504 e. The molecular formula is C17H16N2O2. The molecule has 2 aromatic carbocycles. The van der Waals surface area contributed by atoms with Gasteiger partial charge in [-0.3, -0.25) is 4.98 Å². The Morgan fingerprint density at radius 2 is 2.05 bits per heavy atom. The van der Waals surface area contributed by atoms with Gasteiger partial charge in [-0.2, -0.15) is 0 Å². The van der Waals surface area contributed by atoms with Gasteiger partial charge < -0.3 is 15.2 Å². The number of nitrogens with zero attached hydrogens (tertiary/aromatic N) is 1. The third-order valence-corrected chi connectivity index (χ3v) is 3.37. The van der Waals surface area contributed by atoms with E-state index in [0.717, 1.165) is 22.2 Å². The lowest BCUT2D eigenvalue weighted by Gasteiger charge is -2.10. The van der Waals surface area contributed by atoms with E-state index in [0.29, 0.717) is 12.3 Å². The summed E-state index contributed by atoms with van der Waals surface area (Å²) < 4.78 is 5.04. The maximum absolute atomic E-state index is 9.80. The van der Waals surface area contributed by atoms with Crippen molar-refractivity contribution in [3.63, 3.8) is 0 Å². The van der Waals surface area contributed by atoms with Gasteiger partial charge in [0.05, 0.1) is 12.6 Å². The van der Waals surface area contributed by atoms with Gasteiger partial charge in [0.15, 0.2) is 11.5 Å². The van der Waals surface area contributed by atoms with E-state index in [1.54, 1.807) is 18.3 Å². The monoisotopic (exact) mass is 280 g/mol.